The van der Waals surface area contributed by atoms with Crippen LogP contribution in [-0.4, -0.2) is 9.78 Å². The zero-order chi connectivity index (χ0) is 11.5. The Bertz CT molecular complexity index is 454. The Morgan fingerprint density at radius 2 is 1.81 bits per heavy atom. The molecule has 2 rings (SSSR count). The summed E-state index contributed by atoms with van der Waals surface area (Å²) >= 11 is 0. The van der Waals surface area contributed by atoms with Crippen LogP contribution in [0.15, 0.2) is 36.5 Å². The van der Waals surface area contributed by atoms with Gasteiger partial charge in [0.2, 0.25) is 0 Å². The number of hydrogen-bond donors (Lipinski definition) is 1. The van der Waals surface area contributed by atoms with E-state index in [9.17, 15) is 0 Å². The summed E-state index contributed by atoms with van der Waals surface area (Å²) in [7, 11) is 1.91. The largest absolute Gasteiger partial charge is 0.339 e. The summed E-state index contributed by atoms with van der Waals surface area (Å²) in [4.78, 5) is 0. The van der Waals surface area contributed by atoms with Gasteiger partial charge in [0.25, 0.3) is 0 Å². The Labute approximate surface area is 96.1 Å². The standard InChI is InChI=1S/C13H17N3/c1-10(2)11-4-6-12(7-5-11)14-13-8-9-16(3)15-13/h4-10H,1-3H3,(H,14,15). The Hall–Kier alpha value is -1.77. The normalized spacial score (nSPS) is 10.8. The molecule has 0 aliphatic rings. The van der Waals surface area contributed by atoms with Crippen LogP contribution in [0.5, 0.6) is 0 Å². The predicted molar refractivity (Wildman–Crippen MR) is 67.0 cm³/mol. The quantitative estimate of drug-likeness (QED) is 0.851. The Balaban J connectivity index is 2.11. The van der Waals surface area contributed by atoms with Crippen LogP contribution in [0.2, 0.25) is 0 Å². The summed E-state index contributed by atoms with van der Waals surface area (Å²) in [6, 6.07) is 10.4. The van der Waals surface area contributed by atoms with E-state index in [2.05, 4.69) is 48.5 Å². The highest BCUT2D eigenvalue weighted by Gasteiger charge is 2.00. The molecule has 84 valence electrons. The van der Waals surface area contributed by atoms with Crippen LogP contribution in [0.4, 0.5) is 11.5 Å². The third kappa shape index (κ3) is 2.42. The summed E-state index contributed by atoms with van der Waals surface area (Å²) < 4.78 is 1.78. The molecule has 1 heterocycles. The molecule has 0 unspecified atom stereocenters. The topological polar surface area (TPSA) is 29.9 Å². The Kier molecular flexibility index (Phi) is 2.95. The van der Waals surface area contributed by atoms with Gasteiger partial charge in [0.1, 0.15) is 0 Å². The van der Waals surface area contributed by atoms with Crippen LogP contribution in [0.3, 0.4) is 0 Å². The molecule has 16 heavy (non-hydrogen) atoms. The number of aromatic nitrogens is 2. The van der Waals surface area contributed by atoms with Gasteiger partial charge in [-0.15, -0.1) is 0 Å². The molecule has 2 aromatic rings. The van der Waals surface area contributed by atoms with Crippen LogP contribution < -0.4 is 5.32 Å². The molecule has 1 N–H and O–H groups in total. The summed E-state index contributed by atoms with van der Waals surface area (Å²) in [5.74, 6) is 1.45. The first-order valence-corrected chi connectivity index (χ1v) is 5.52. The van der Waals surface area contributed by atoms with Gasteiger partial charge in [-0.25, -0.2) is 0 Å². The maximum Gasteiger partial charge on any atom is 0.152 e. The van der Waals surface area contributed by atoms with Crippen molar-refractivity contribution in [2.24, 2.45) is 7.05 Å². The number of nitrogens with one attached hydrogen (secondary N) is 1. The maximum atomic E-state index is 4.27. The lowest BCUT2D eigenvalue weighted by atomic mass is 10.0. The zero-order valence-corrected chi connectivity index (χ0v) is 9.94. The SMILES string of the molecule is CC(C)c1ccc(Nc2ccn(C)n2)cc1. The van der Waals surface area contributed by atoms with E-state index in [0.29, 0.717) is 5.92 Å². The van der Waals surface area contributed by atoms with Crippen LogP contribution in [0.25, 0.3) is 0 Å². The van der Waals surface area contributed by atoms with E-state index in [-0.39, 0.29) is 0 Å². The molecular weight excluding hydrogens is 198 g/mol. The highest BCUT2D eigenvalue weighted by Crippen LogP contribution is 2.19. The number of nitrogens with zero attached hydrogens (tertiary/aromatic N) is 2. The number of hydrogen-bond acceptors (Lipinski definition) is 2. The van der Waals surface area contributed by atoms with Crippen LogP contribution in [-0.2, 0) is 7.05 Å². The van der Waals surface area contributed by atoms with Gasteiger partial charge in [0, 0.05) is 25.0 Å². The van der Waals surface area contributed by atoms with Crippen molar-refractivity contribution in [3.05, 3.63) is 42.1 Å². The van der Waals surface area contributed by atoms with Crippen molar-refractivity contribution in [3.63, 3.8) is 0 Å². The second-order valence-electron chi connectivity index (χ2n) is 4.28. The van der Waals surface area contributed by atoms with Crippen molar-refractivity contribution >= 4 is 11.5 Å². The van der Waals surface area contributed by atoms with Gasteiger partial charge >= 0.3 is 0 Å². The van der Waals surface area contributed by atoms with E-state index in [0.717, 1.165) is 11.5 Å². The van der Waals surface area contributed by atoms with E-state index in [1.54, 1.807) is 4.68 Å². The summed E-state index contributed by atoms with van der Waals surface area (Å²) in [6.07, 6.45) is 1.92. The average Bonchev–Trinajstić information content (AvgIpc) is 2.65. The van der Waals surface area contributed by atoms with Gasteiger partial charge in [-0.05, 0) is 23.6 Å². The maximum absolute atomic E-state index is 4.27. The third-order valence-electron chi connectivity index (χ3n) is 2.56. The fourth-order valence-corrected chi connectivity index (χ4v) is 1.58. The van der Waals surface area contributed by atoms with Gasteiger partial charge in [-0.1, -0.05) is 26.0 Å². The molecule has 1 aromatic carbocycles. The molecule has 0 fully saturated rings. The van der Waals surface area contributed by atoms with Crippen molar-refractivity contribution in [1.29, 1.82) is 0 Å². The summed E-state index contributed by atoms with van der Waals surface area (Å²) in [6.45, 7) is 4.39. The summed E-state index contributed by atoms with van der Waals surface area (Å²) in [5.41, 5.74) is 2.43. The van der Waals surface area contributed by atoms with Crippen LogP contribution >= 0.6 is 0 Å². The molecule has 0 bridgehead atoms. The highest BCUT2D eigenvalue weighted by molar-refractivity contribution is 5.56. The monoisotopic (exact) mass is 215 g/mol. The number of benzene rings is 1. The lowest BCUT2D eigenvalue weighted by Crippen LogP contribution is -1.94. The minimum absolute atomic E-state index is 0.573. The highest BCUT2D eigenvalue weighted by atomic mass is 15.3. The van der Waals surface area contributed by atoms with Gasteiger partial charge in [0.05, 0.1) is 0 Å². The molecule has 0 atom stereocenters. The first-order valence-electron chi connectivity index (χ1n) is 5.52. The fourth-order valence-electron chi connectivity index (χ4n) is 1.58. The van der Waals surface area contributed by atoms with E-state index >= 15 is 0 Å². The minimum atomic E-state index is 0.573. The molecule has 0 radical (unpaired) electrons. The van der Waals surface area contributed by atoms with Crippen molar-refractivity contribution in [1.82, 2.24) is 9.78 Å². The lowest BCUT2D eigenvalue weighted by Gasteiger charge is -2.07. The van der Waals surface area contributed by atoms with Crippen molar-refractivity contribution in [2.45, 2.75) is 19.8 Å². The van der Waals surface area contributed by atoms with E-state index < -0.39 is 0 Å². The van der Waals surface area contributed by atoms with Gasteiger partial charge in [-0.3, -0.25) is 4.68 Å². The van der Waals surface area contributed by atoms with Crippen LogP contribution in [0, 0.1) is 0 Å². The minimum Gasteiger partial charge on any atom is -0.339 e. The Morgan fingerprint density at radius 1 is 1.12 bits per heavy atom. The number of rotatable bonds is 3. The molecular formula is C13H17N3. The van der Waals surface area contributed by atoms with Crippen molar-refractivity contribution < 1.29 is 0 Å². The number of aryl methyl sites for hydroxylation is 1. The Morgan fingerprint density at radius 3 is 2.31 bits per heavy atom. The summed E-state index contributed by atoms with van der Waals surface area (Å²) in [5, 5.41) is 7.53. The second kappa shape index (κ2) is 4.39. The second-order valence-corrected chi connectivity index (χ2v) is 4.28. The molecule has 0 aliphatic carbocycles. The van der Waals surface area contributed by atoms with Gasteiger partial charge in [-0.2, -0.15) is 5.10 Å². The van der Waals surface area contributed by atoms with Crippen molar-refractivity contribution in [2.75, 3.05) is 5.32 Å². The smallest absolute Gasteiger partial charge is 0.152 e. The first-order chi connectivity index (χ1) is 7.65. The molecule has 0 amide bonds. The van der Waals surface area contributed by atoms with E-state index in [1.165, 1.54) is 5.56 Å². The molecule has 0 saturated heterocycles. The van der Waals surface area contributed by atoms with Gasteiger partial charge < -0.3 is 5.32 Å². The molecule has 3 heteroatoms. The number of anilines is 2. The van der Waals surface area contributed by atoms with Gasteiger partial charge in [0.15, 0.2) is 5.82 Å². The predicted octanol–water partition coefficient (Wildman–Crippen LogP) is 3.29. The fraction of sp³-hybridized carbons (Fsp3) is 0.308. The first kappa shape index (κ1) is 10.7. The van der Waals surface area contributed by atoms with Crippen LogP contribution in [0.1, 0.15) is 25.3 Å². The van der Waals surface area contributed by atoms with Crippen molar-refractivity contribution in [3.8, 4) is 0 Å². The third-order valence-corrected chi connectivity index (χ3v) is 2.56. The lowest BCUT2D eigenvalue weighted by molar-refractivity contribution is 0.771. The molecule has 1 aromatic heterocycles. The van der Waals surface area contributed by atoms with E-state index in [1.807, 2.05) is 19.3 Å². The molecule has 0 saturated carbocycles. The average molecular weight is 215 g/mol. The molecule has 0 aliphatic heterocycles. The molecule has 3 nitrogen and oxygen atoms in total. The molecule has 0 spiro atoms. The van der Waals surface area contributed by atoms with E-state index in [4.69, 9.17) is 0 Å². The zero-order valence-electron chi connectivity index (χ0n) is 9.94.